The van der Waals surface area contributed by atoms with E-state index < -0.39 is 15.8 Å². The maximum absolute atomic E-state index is 13.9. The maximum atomic E-state index is 13.9. The van der Waals surface area contributed by atoms with Crippen LogP contribution in [-0.2, 0) is 10.0 Å². The van der Waals surface area contributed by atoms with Crippen molar-refractivity contribution >= 4 is 48.7 Å². The first-order valence-electron chi connectivity index (χ1n) is 9.56. The van der Waals surface area contributed by atoms with Crippen molar-refractivity contribution in [2.75, 3.05) is 24.7 Å². The molecular formula is C20H19FN4O4S. The van der Waals surface area contributed by atoms with Crippen LogP contribution in [0.2, 0.25) is 0 Å². The van der Waals surface area contributed by atoms with E-state index in [1.807, 2.05) is 0 Å². The van der Waals surface area contributed by atoms with Gasteiger partial charge >= 0.3 is 0 Å². The molecule has 1 unspecified atom stereocenters. The Balaban J connectivity index is 1.64. The topological polar surface area (TPSA) is 108 Å². The number of nitrogens with zero attached hydrogens (tertiary/aromatic N) is 2. The molecule has 1 aliphatic heterocycles. The molecule has 10 heteroatoms. The van der Waals surface area contributed by atoms with Crippen LogP contribution in [0, 0.1) is 5.82 Å². The Labute approximate surface area is 170 Å². The fourth-order valence-corrected chi connectivity index (χ4v) is 5.06. The number of pyridine rings is 1. The number of sulfonamides is 1. The predicted octanol–water partition coefficient (Wildman–Crippen LogP) is 2.80. The van der Waals surface area contributed by atoms with Crippen molar-refractivity contribution in [2.45, 2.75) is 18.9 Å². The Bertz CT molecular complexity index is 1460. The minimum atomic E-state index is -3.27. The molecule has 1 saturated heterocycles. The van der Waals surface area contributed by atoms with Crippen LogP contribution in [0.3, 0.4) is 0 Å². The van der Waals surface area contributed by atoms with Crippen LogP contribution in [-0.4, -0.2) is 48.1 Å². The second kappa shape index (κ2) is 6.78. The van der Waals surface area contributed by atoms with Gasteiger partial charge < -0.3 is 14.7 Å². The number of aromatic amines is 1. The van der Waals surface area contributed by atoms with E-state index >= 15 is 0 Å². The fourth-order valence-electron chi connectivity index (χ4n) is 4.15. The summed E-state index contributed by atoms with van der Waals surface area (Å²) in [6.07, 6.45) is 4.21. The molecule has 2 aromatic carbocycles. The van der Waals surface area contributed by atoms with Gasteiger partial charge in [0.15, 0.2) is 5.58 Å². The van der Waals surface area contributed by atoms with Gasteiger partial charge in [-0.2, -0.15) is 4.98 Å². The summed E-state index contributed by atoms with van der Waals surface area (Å²) in [5.41, 5.74) is 0.599. The second-order valence-electron chi connectivity index (χ2n) is 7.59. The lowest BCUT2D eigenvalue weighted by Crippen LogP contribution is -2.44. The number of rotatable bonds is 3. The van der Waals surface area contributed by atoms with Gasteiger partial charge in [0.2, 0.25) is 10.0 Å². The molecule has 0 aliphatic carbocycles. The van der Waals surface area contributed by atoms with E-state index in [1.165, 1.54) is 28.9 Å². The average Bonchev–Trinajstić information content (AvgIpc) is 3.11. The number of fused-ring (bicyclic) bond motifs is 6. The number of oxazole rings is 1. The van der Waals surface area contributed by atoms with E-state index in [0.717, 1.165) is 12.8 Å². The number of benzene rings is 2. The third-order valence-electron chi connectivity index (χ3n) is 5.52. The summed E-state index contributed by atoms with van der Waals surface area (Å²) in [4.78, 5) is 19.7. The van der Waals surface area contributed by atoms with E-state index in [9.17, 15) is 17.6 Å². The maximum Gasteiger partial charge on any atom is 0.295 e. The van der Waals surface area contributed by atoms with E-state index in [1.54, 1.807) is 12.1 Å². The van der Waals surface area contributed by atoms with Crippen LogP contribution in [0.4, 0.5) is 10.4 Å². The Kier molecular flexibility index (Phi) is 4.30. The quantitative estimate of drug-likeness (QED) is 0.484. The molecule has 0 radical (unpaired) electrons. The third-order valence-corrected chi connectivity index (χ3v) is 6.79. The smallest absolute Gasteiger partial charge is 0.295 e. The third kappa shape index (κ3) is 3.12. The highest BCUT2D eigenvalue weighted by atomic mass is 32.2. The van der Waals surface area contributed by atoms with Gasteiger partial charge in [-0.15, -0.1) is 0 Å². The van der Waals surface area contributed by atoms with E-state index in [0.29, 0.717) is 45.7 Å². The Morgan fingerprint density at radius 2 is 2.10 bits per heavy atom. The van der Waals surface area contributed by atoms with Crippen LogP contribution >= 0.6 is 0 Å². The molecule has 2 aromatic heterocycles. The van der Waals surface area contributed by atoms with Crippen molar-refractivity contribution in [3.8, 4) is 0 Å². The fraction of sp³-hybridized carbons (Fsp3) is 0.300. The van der Waals surface area contributed by atoms with Crippen LogP contribution in [0.25, 0.3) is 32.6 Å². The number of hydrogen-bond acceptors (Lipinski definition) is 6. The minimum absolute atomic E-state index is 0.153. The number of halogens is 1. The molecule has 2 N–H and O–H groups in total. The molecule has 1 aliphatic rings. The second-order valence-corrected chi connectivity index (χ2v) is 9.57. The Morgan fingerprint density at radius 3 is 2.90 bits per heavy atom. The summed E-state index contributed by atoms with van der Waals surface area (Å²) in [7, 11) is -3.27. The molecule has 1 atom stereocenters. The van der Waals surface area contributed by atoms with Crippen molar-refractivity contribution in [1.82, 2.24) is 14.3 Å². The van der Waals surface area contributed by atoms with Crippen molar-refractivity contribution in [3.05, 3.63) is 46.6 Å². The predicted molar refractivity (Wildman–Crippen MR) is 113 cm³/mol. The summed E-state index contributed by atoms with van der Waals surface area (Å²) in [5.74, 6) is -0.448. The molecule has 3 heterocycles. The Hall–Kier alpha value is -2.98. The van der Waals surface area contributed by atoms with Gasteiger partial charge in [0.05, 0.1) is 11.6 Å². The summed E-state index contributed by atoms with van der Waals surface area (Å²) in [5, 5.41) is 5.12. The van der Waals surface area contributed by atoms with Gasteiger partial charge in [-0.05, 0) is 37.1 Å². The first-order chi connectivity index (χ1) is 14.3. The summed E-state index contributed by atoms with van der Waals surface area (Å²) >= 11 is 0. The molecule has 30 heavy (non-hydrogen) atoms. The van der Waals surface area contributed by atoms with Gasteiger partial charge in [-0.25, -0.2) is 17.1 Å². The lowest BCUT2D eigenvalue weighted by atomic mass is 10.0. The standard InChI is InChI=1S/C20H19FN4O4S/c1-30(27,28)25-8-2-3-12(10-25)23-20-24-17-13-5-4-11(21)9-15(13)16-14(18(17)29-20)6-7-22-19(16)26/h4-7,9,12H,2-3,8,10H2,1H3,(H,22,26)(H,23,24). The number of anilines is 1. The van der Waals surface area contributed by atoms with Gasteiger partial charge in [-0.3, -0.25) is 4.79 Å². The van der Waals surface area contributed by atoms with Crippen molar-refractivity contribution in [2.24, 2.45) is 0 Å². The van der Waals surface area contributed by atoms with Crippen LogP contribution in [0.1, 0.15) is 12.8 Å². The highest BCUT2D eigenvalue weighted by Gasteiger charge is 2.27. The number of piperidine rings is 1. The zero-order valence-corrected chi connectivity index (χ0v) is 16.9. The molecule has 4 aromatic rings. The lowest BCUT2D eigenvalue weighted by Gasteiger charge is -2.30. The largest absolute Gasteiger partial charge is 0.423 e. The Morgan fingerprint density at radius 1 is 1.27 bits per heavy atom. The molecule has 0 amide bonds. The molecule has 0 saturated carbocycles. The first-order valence-corrected chi connectivity index (χ1v) is 11.4. The van der Waals surface area contributed by atoms with Crippen LogP contribution in [0.5, 0.6) is 0 Å². The van der Waals surface area contributed by atoms with Crippen molar-refractivity contribution in [3.63, 3.8) is 0 Å². The lowest BCUT2D eigenvalue weighted by molar-refractivity contribution is 0.326. The number of hydrogen-bond donors (Lipinski definition) is 2. The molecule has 0 bridgehead atoms. The zero-order valence-electron chi connectivity index (χ0n) is 16.1. The first kappa shape index (κ1) is 19.0. The number of nitrogens with one attached hydrogen (secondary N) is 2. The zero-order chi connectivity index (χ0) is 21.0. The number of H-pyrrole nitrogens is 1. The average molecular weight is 430 g/mol. The highest BCUT2D eigenvalue weighted by Crippen LogP contribution is 2.35. The van der Waals surface area contributed by atoms with Gasteiger partial charge in [0.25, 0.3) is 11.6 Å². The van der Waals surface area contributed by atoms with E-state index in [-0.39, 0.29) is 17.6 Å². The summed E-state index contributed by atoms with van der Waals surface area (Å²) in [6, 6.07) is 6.00. The molecule has 1 fully saturated rings. The molecule has 8 nitrogen and oxygen atoms in total. The van der Waals surface area contributed by atoms with Gasteiger partial charge in [0, 0.05) is 41.5 Å². The number of aromatic nitrogens is 2. The van der Waals surface area contributed by atoms with Crippen molar-refractivity contribution in [1.29, 1.82) is 0 Å². The van der Waals surface area contributed by atoms with E-state index in [2.05, 4.69) is 15.3 Å². The normalized spacial score (nSPS) is 18.4. The van der Waals surface area contributed by atoms with E-state index in [4.69, 9.17) is 4.42 Å². The van der Waals surface area contributed by atoms with Crippen LogP contribution < -0.4 is 10.9 Å². The molecule has 156 valence electrons. The molecular weight excluding hydrogens is 411 g/mol. The summed E-state index contributed by atoms with van der Waals surface area (Å²) < 4.78 is 45.1. The molecule has 5 rings (SSSR count). The van der Waals surface area contributed by atoms with Crippen molar-refractivity contribution < 1.29 is 17.2 Å². The highest BCUT2D eigenvalue weighted by molar-refractivity contribution is 7.88. The van der Waals surface area contributed by atoms with Gasteiger partial charge in [0.1, 0.15) is 11.3 Å². The van der Waals surface area contributed by atoms with Crippen LogP contribution in [0.15, 0.2) is 39.7 Å². The van der Waals surface area contributed by atoms with Gasteiger partial charge in [-0.1, -0.05) is 0 Å². The SMILES string of the molecule is CS(=O)(=O)N1CCCC(Nc2nc3c4ccc(F)cc4c4c(=O)[nH]ccc4c3o2)C1. The molecule has 0 spiro atoms. The minimum Gasteiger partial charge on any atom is -0.423 e. The monoisotopic (exact) mass is 430 g/mol. The summed E-state index contributed by atoms with van der Waals surface area (Å²) in [6.45, 7) is 0.818.